The summed E-state index contributed by atoms with van der Waals surface area (Å²) in [6.45, 7) is -0.151. The van der Waals surface area contributed by atoms with Gasteiger partial charge in [0.25, 0.3) is 0 Å². The van der Waals surface area contributed by atoms with Crippen molar-refractivity contribution in [2.24, 2.45) is 0 Å². The molecule has 8 heteroatoms. The highest BCUT2D eigenvalue weighted by Crippen LogP contribution is 2.34. The van der Waals surface area contributed by atoms with Crippen molar-refractivity contribution in [1.82, 2.24) is 9.55 Å². The maximum Gasteiger partial charge on any atom is 0.436 e. The number of hydrogen-bond acceptors (Lipinski definition) is 5. The van der Waals surface area contributed by atoms with Crippen LogP contribution in [0.3, 0.4) is 0 Å². The van der Waals surface area contributed by atoms with Gasteiger partial charge in [-0.25, -0.2) is 4.57 Å². The van der Waals surface area contributed by atoms with E-state index in [1.807, 2.05) is 0 Å². The minimum Gasteiger partial charge on any atom is -0.394 e. The Morgan fingerprint density at radius 2 is 2.56 bits per heavy atom. The molecule has 0 aliphatic carbocycles. The Morgan fingerprint density at radius 3 is 3.12 bits per heavy atom. The highest BCUT2D eigenvalue weighted by Gasteiger charge is 2.39. The van der Waals surface area contributed by atoms with Gasteiger partial charge in [0.1, 0.15) is 12.4 Å². The summed E-state index contributed by atoms with van der Waals surface area (Å²) in [5, 5.41) is 19.2. The van der Waals surface area contributed by atoms with E-state index in [1.54, 1.807) is 0 Å². The monoisotopic (exact) mass is 247 g/mol. The fourth-order valence-corrected chi connectivity index (χ4v) is 2.09. The fraction of sp³-hybridized carbons (Fsp3) is 0.625. The van der Waals surface area contributed by atoms with E-state index in [1.165, 1.54) is 17.0 Å². The molecular weight excluding hydrogens is 238 g/mol. The topological polar surface area (TPSA) is 90.4 Å². The number of hydrogen-bond donors (Lipinski definition) is 1. The van der Waals surface area contributed by atoms with Crippen LogP contribution in [0.5, 0.6) is 0 Å². The van der Waals surface area contributed by atoms with E-state index in [2.05, 4.69) is 4.98 Å². The SMILES string of the molecule is O=[N+]([O-])c1nccn1C1O[C@H](CO)C[C@H]1Cl. The van der Waals surface area contributed by atoms with Crippen LogP contribution in [-0.2, 0) is 4.74 Å². The zero-order valence-corrected chi connectivity index (χ0v) is 8.95. The van der Waals surface area contributed by atoms with E-state index in [4.69, 9.17) is 21.4 Å². The van der Waals surface area contributed by atoms with Crippen LogP contribution in [0.15, 0.2) is 12.4 Å². The van der Waals surface area contributed by atoms with Gasteiger partial charge in [0.15, 0.2) is 6.23 Å². The van der Waals surface area contributed by atoms with Crippen LogP contribution in [0.2, 0.25) is 0 Å². The molecule has 16 heavy (non-hydrogen) atoms. The molecule has 2 heterocycles. The minimum atomic E-state index is -0.651. The van der Waals surface area contributed by atoms with E-state index in [0.29, 0.717) is 6.42 Å². The van der Waals surface area contributed by atoms with Crippen LogP contribution in [-0.4, -0.2) is 37.7 Å². The van der Waals surface area contributed by atoms with Crippen molar-refractivity contribution in [3.63, 3.8) is 0 Å². The quantitative estimate of drug-likeness (QED) is 0.482. The number of aromatic nitrogens is 2. The predicted molar refractivity (Wildman–Crippen MR) is 54.1 cm³/mol. The first kappa shape index (κ1) is 11.3. The summed E-state index contributed by atoms with van der Waals surface area (Å²) >= 11 is 6.01. The lowest BCUT2D eigenvalue weighted by atomic mass is 10.2. The summed E-state index contributed by atoms with van der Waals surface area (Å²) in [5.74, 6) is -0.311. The highest BCUT2D eigenvalue weighted by molar-refractivity contribution is 6.21. The van der Waals surface area contributed by atoms with Gasteiger partial charge < -0.3 is 20.0 Å². The lowest BCUT2D eigenvalue weighted by Crippen LogP contribution is -2.17. The number of rotatable bonds is 3. The second kappa shape index (κ2) is 4.36. The van der Waals surface area contributed by atoms with Crippen molar-refractivity contribution < 1.29 is 14.8 Å². The van der Waals surface area contributed by atoms with Gasteiger partial charge in [0.2, 0.25) is 0 Å². The number of halogens is 1. The molecule has 1 unspecified atom stereocenters. The van der Waals surface area contributed by atoms with Gasteiger partial charge in [-0.3, -0.25) is 0 Å². The van der Waals surface area contributed by atoms with Crippen molar-refractivity contribution >= 4 is 17.5 Å². The highest BCUT2D eigenvalue weighted by atomic mass is 35.5. The third-order valence-corrected chi connectivity index (χ3v) is 2.81. The molecular formula is C8H10ClN3O4. The summed E-state index contributed by atoms with van der Waals surface area (Å²) in [5.41, 5.74) is 0. The van der Waals surface area contributed by atoms with E-state index in [-0.39, 0.29) is 18.7 Å². The predicted octanol–water partition coefficient (Wildman–Crippen LogP) is 0.678. The zero-order chi connectivity index (χ0) is 11.7. The lowest BCUT2D eigenvalue weighted by Gasteiger charge is -2.12. The Balaban J connectivity index is 2.24. The van der Waals surface area contributed by atoms with Gasteiger partial charge in [-0.05, 0) is 11.3 Å². The molecule has 1 aliphatic heterocycles. The number of nitro groups is 1. The number of ether oxygens (including phenoxy) is 1. The first-order valence-corrected chi connectivity index (χ1v) is 5.14. The molecule has 1 fully saturated rings. The molecule has 1 saturated heterocycles. The number of aliphatic hydroxyl groups is 1. The molecule has 1 N–H and O–H groups in total. The molecule has 0 amide bonds. The first-order valence-electron chi connectivity index (χ1n) is 4.71. The Kier molecular flexibility index (Phi) is 3.08. The summed E-state index contributed by atoms with van der Waals surface area (Å²) < 4.78 is 6.67. The van der Waals surface area contributed by atoms with Crippen LogP contribution in [0.1, 0.15) is 12.6 Å². The van der Waals surface area contributed by atoms with Gasteiger partial charge in [-0.2, -0.15) is 0 Å². The molecule has 0 spiro atoms. The van der Waals surface area contributed by atoms with Crippen molar-refractivity contribution in [3.8, 4) is 0 Å². The van der Waals surface area contributed by atoms with E-state index >= 15 is 0 Å². The average Bonchev–Trinajstić information content (AvgIpc) is 2.82. The van der Waals surface area contributed by atoms with Crippen LogP contribution in [0, 0.1) is 10.1 Å². The van der Waals surface area contributed by atoms with Gasteiger partial charge in [0, 0.05) is 0 Å². The Labute approximate surface area is 95.8 Å². The van der Waals surface area contributed by atoms with Crippen LogP contribution >= 0.6 is 11.6 Å². The normalized spacial score (nSPS) is 29.5. The summed E-state index contributed by atoms with van der Waals surface area (Å²) in [6.07, 6.45) is 2.18. The third-order valence-electron chi connectivity index (χ3n) is 2.42. The Hall–Kier alpha value is -1.18. The Bertz CT molecular complexity index is 396. The summed E-state index contributed by atoms with van der Waals surface area (Å²) in [4.78, 5) is 13.7. The van der Waals surface area contributed by atoms with Crippen molar-refractivity contribution in [2.45, 2.75) is 24.1 Å². The standard InChI is InChI=1S/C8H10ClN3O4/c9-6-3-5(4-13)16-7(6)11-2-1-10-8(11)12(14)15/h1-2,5-7,13H,3-4H2/t5-,6+,7?/m0/s1. The van der Waals surface area contributed by atoms with Gasteiger partial charge in [0.05, 0.1) is 18.1 Å². The third kappa shape index (κ3) is 1.89. The molecule has 0 bridgehead atoms. The van der Waals surface area contributed by atoms with Gasteiger partial charge in [-0.1, -0.05) is 4.98 Å². The summed E-state index contributed by atoms with van der Waals surface area (Å²) in [7, 11) is 0. The molecule has 1 aromatic rings. The van der Waals surface area contributed by atoms with Crippen LogP contribution in [0.4, 0.5) is 5.95 Å². The minimum absolute atomic E-state index is 0.151. The van der Waals surface area contributed by atoms with Crippen molar-refractivity contribution in [1.29, 1.82) is 0 Å². The summed E-state index contributed by atoms with van der Waals surface area (Å²) in [6, 6.07) is 0. The van der Waals surface area contributed by atoms with Gasteiger partial charge in [-0.15, -0.1) is 11.6 Å². The number of alkyl halides is 1. The second-order valence-corrected chi connectivity index (χ2v) is 4.04. The molecule has 1 aliphatic rings. The molecule has 0 saturated carbocycles. The van der Waals surface area contributed by atoms with Crippen molar-refractivity contribution in [3.05, 3.63) is 22.5 Å². The molecule has 3 atom stereocenters. The van der Waals surface area contributed by atoms with Crippen LogP contribution in [0.25, 0.3) is 0 Å². The van der Waals surface area contributed by atoms with E-state index in [9.17, 15) is 10.1 Å². The molecule has 88 valence electrons. The fourth-order valence-electron chi connectivity index (χ4n) is 1.71. The molecule has 0 aromatic carbocycles. The number of nitrogens with zero attached hydrogens (tertiary/aromatic N) is 3. The smallest absolute Gasteiger partial charge is 0.394 e. The van der Waals surface area contributed by atoms with Crippen molar-refractivity contribution in [2.75, 3.05) is 6.61 Å². The van der Waals surface area contributed by atoms with Crippen LogP contribution < -0.4 is 0 Å². The average molecular weight is 248 g/mol. The van der Waals surface area contributed by atoms with E-state index in [0.717, 1.165) is 0 Å². The largest absolute Gasteiger partial charge is 0.436 e. The molecule has 1 aromatic heterocycles. The molecule has 0 radical (unpaired) electrons. The maximum atomic E-state index is 10.7. The first-order chi connectivity index (χ1) is 7.63. The molecule has 2 rings (SSSR count). The zero-order valence-electron chi connectivity index (χ0n) is 8.19. The number of imidazole rings is 1. The Morgan fingerprint density at radius 1 is 1.81 bits per heavy atom. The maximum absolute atomic E-state index is 10.7. The lowest BCUT2D eigenvalue weighted by molar-refractivity contribution is -0.398. The second-order valence-electron chi connectivity index (χ2n) is 3.47. The van der Waals surface area contributed by atoms with Gasteiger partial charge >= 0.3 is 5.95 Å². The molecule has 7 nitrogen and oxygen atoms in total. The van der Waals surface area contributed by atoms with E-state index < -0.39 is 16.5 Å². The number of aliphatic hydroxyl groups excluding tert-OH is 1.